The number of hydrogen-bond acceptors (Lipinski definition) is 2. The summed E-state index contributed by atoms with van der Waals surface area (Å²) >= 11 is 4.51. The third-order valence-corrected chi connectivity index (χ3v) is 2.91. The lowest BCUT2D eigenvalue weighted by molar-refractivity contribution is 0.579. The molecule has 2 aromatic heterocycles. The number of rotatable bonds is 1. The lowest BCUT2D eigenvalue weighted by atomic mass is 10.2. The predicted molar refractivity (Wildman–Crippen MR) is 63.3 cm³/mol. The quantitative estimate of drug-likeness (QED) is 0.595. The Morgan fingerprint density at radius 2 is 1.93 bits per heavy atom. The molecule has 1 aromatic carbocycles. The van der Waals surface area contributed by atoms with Gasteiger partial charge in [0, 0.05) is 15.8 Å². The third kappa shape index (κ3) is 1.27. The second kappa shape index (κ2) is 3.21. The first-order valence-corrected chi connectivity index (χ1v) is 5.14. The molecule has 0 bridgehead atoms. The van der Waals surface area contributed by atoms with Crippen molar-refractivity contribution >= 4 is 23.5 Å². The van der Waals surface area contributed by atoms with E-state index >= 15 is 0 Å². The molecule has 0 saturated heterocycles. The van der Waals surface area contributed by atoms with E-state index in [2.05, 4.69) is 17.6 Å². The van der Waals surface area contributed by atoms with Gasteiger partial charge in [0.1, 0.15) is 0 Å². The van der Waals surface area contributed by atoms with Gasteiger partial charge in [0.05, 0.1) is 12.0 Å². The first-order valence-electron chi connectivity index (χ1n) is 4.70. The van der Waals surface area contributed by atoms with Crippen molar-refractivity contribution in [3.8, 4) is 11.5 Å². The number of benzene rings is 1. The van der Waals surface area contributed by atoms with Gasteiger partial charge in [-0.15, -0.1) is 12.6 Å². The van der Waals surface area contributed by atoms with Crippen molar-refractivity contribution in [3.63, 3.8) is 0 Å². The van der Waals surface area contributed by atoms with Crippen LogP contribution in [0.5, 0.6) is 0 Å². The van der Waals surface area contributed by atoms with Crippen LogP contribution in [0.4, 0.5) is 0 Å². The summed E-state index contributed by atoms with van der Waals surface area (Å²) < 4.78 is 5.35. The van der Waals surface area contributed by atoms with E-state index in [0.717, 1.165) is 27.3 Å². The zero-order chi connectivity index (χ0) is 10.3. The number of nitrogens with one attached hydrogen (secondary N) is 1. The van der Waals surface area contributed by atoms with E-state index in [1.54, 1.807) is 6.26 Å². The fourth-order valence-electron chi connectivity index (χ4n) is 1.73. The molecule has 0 aliphatic rings. The average molecular weight is 215 g/mol. The molecule has 15 heavy (non-hydrogen) atoms. The summed E-state index contributed by atoms with van der Waals surface area (Å²) in [6, 6.07) is 11.9. The maximum atomic E-state index is 5.35. The van der Waals surface area contributed by atoms with E-state index < -0.39 is 0 Å². The van der Waals surface area contributed by atoms with Crippen LogP contribution in [-0.2, 0) is 0 Å². The normalized spacial score (nSPS) is 11.0. The van der Waals surface area contributed by atoms with Gasteiger partial charge in [0.2, 0.25) is 0 Å². The maximum Gasteiger partial charge on any atom is 0.151 e. The first-order chi connectivity index (χ1) is 7.36. The van der Waals surface area contributed by atoms with Gasteiger partial charge >= 0.3 is 0 Å². The Morgan fingerprint density at radius 3 is 2.67 bits per heavy atom. The maximum absolute atomic E-state index is 5.35. The molecule has 2 nitrogen and oxygen atoms in total. The molecule has 2 heterocycles. The van der Waals surface area contributed by atoms with Crippen LogP contribution in [0.25, 0.3) is 22.4 Å². The molecule has 0 amide bonds. The molecule has 3 rings (SSSR count). The minimum atomic E-state index is 0.816. The number of H-pyrrole nitrogens is 1. The van der Waals surface area contributed by atoms with Gasteiger partial charge in [0.25, 0.3) is 0 Å². The molecule has 3 heteroatoms. The van der Waals surface area contributed by atoms with Gasteiger partial charge in [0.15, 0.2) is 5.76 Å². The Hall–Kier alpha value is -1.61. The van der Waals surface area contributed by atoms with Crippen molar-refractivity contribution in [1.82, 2.24) is 4.98 Å². The van der Waals surface area contributed by atoms with E-state index in [1.807, 2.05) is 36.4 Å². The SMILES string of the molecule is Sc1c(-c2ccco2)[nH]c2ccccc12. The van der Waals surface area contributed by atoms with Gasteiger partial charge in [-0.3, -0.25) is 0 Å². The molecule has 0 spiro atoms. The van der Waals surface area contributed by atoms with Crippen molar-refractivity contribution in [1.29, 1.82) is 0 Å². The van der Waals surface area contributed by atoms with Crippen LogP contribution in [0.2, 0.25) is 0 Å². The van der Waals surface area contributed by atoms with E-state index in [1.165, 1.54) is 0 Å². The van der Waals surface area contributed by atoms with Crippen LogP contribution in [0.1, 0.15) is 0 Å². The fraction of sp³-hybridized carbons (Fsp3) is 0. The minimum Gasteiger partial charge on any atom is -0.463 e. The van der Waals surface area contributed by atoms with Crippen molar-refractivity contribution in [3.05, 3.63) is 42.7 Å². The summed E-state index contributed by atoms with van der Waals surface area (Å²) in [4.78, 5) is 4.23. The zero-order valence-corrected chi connectivity index (χ0v) is 8.79. The fourth-order valence-corrected chi connectivity index (χ4v) is 2.09. The molecule has 0 aliphatic heterocycles. The topological polar surface area (TPSA) is 28.9 Å². The van der Waals surface area contributed by atoms with Gasteiger partial charge in [-0.2, -0.15) is 0 Å². The summed E-state index contributed by atoms with van der Waals surface area (Å²) in [7, 11) is 0. The number of aromatic nitrogens is 1. The molecule has 0 fully saturated rings. The Bertz CT molecular complexity index is 595. The molecule has 1 N–H and O–H groups in total. The highest BCUT2D eigenvalue weighted by atomic mass is 32.1. The number of para-hydroxylation sites is 1. The van der Waals surface area contributed by atoms with Gasteiger partial charge < -0.3 is 9.40 Å². The lowest BCUT2D eigenvalue weighted by Gasteiger charge is -1.92. The highest BCUT2D eigenvalue weighted by Gasteiger charge is 2.11. The number of fused-ring (bicyclic) bond motifs is 1. The van der Waals surface area contributed by atoms with Crippen molar-refractivity contribution in [2.24, 2.45) is 0 Å². The molecule has 0 atom stereocenters. The number of hydrogen-bond donors (Lipinski definition) is 2. The van der Waals surface area contributed by atoms with Crippen LogP contribution < -0.4 is 0 Å². The smallest absolute Gasteiger partial charge is 0.151 e. The van der Waals surface area contributed by atoms with E-state index in [9.17, 15) is 0 Å². The monoisotopic (exact) mass is 215 g/mol. The van der Waals surface area contributed by atoms with Crippen molar-refractivity contribution in [2.75, 3.05) is 0 Å². The lowest BCUT2D eigenvalue weighted by Crippen LogP contribution is -1.72. The van der Waals surface area contributed by atoms with E-state index in [4.69, 9.17) is 4.42 Å². The first kappa shape index (κ1) is 8.68. The summed E-state index contributed by atoms with van der Waals surface area (Å²) in [5, 5.41) is 1.12. The molecule has 0 aliphatic carbocycles. The summed E-state index contributed by atoms with van der Waals surface area (Å²) in [6.45, 7) is 0. The third-order valence-electron chi connectivity index (χ3n) is 2.45. The van der Waals surface area contributed by atoms with Gasteiger partial charge in [-0.25, -0.2) is 0 Å². The Morgan fingerprint density at radius 1 is 1.07 bits per heavy atom. The van der Waals surface area contributed by atoms with Crippen LogP contribution in [-0.4, -0.2) is 4.98 Å². The Labute approximate surface area is 92.3 Å². The van der Waals surface area contributed by atoms with Crippen LogP contribution in [0.3, 0.4) is 0 Å². The molecule has 0 radical (unpaired) electrons. The number of furan rings is 1. The van der Waals surface area contributed by atoms with Crippen LogP contribution in [0, 0.1) is 0 Å². The number of thiol groups is 1. The van der Waals surface area contributed by atoms with Crippen LogP contribution in [0.15, 0.2) is 52.0 Å². The van der Waals surface area contributed by atoms with E-state index in [-0.39, 0.29) is 0 Å². The van der Waals surface area contributed by atoms with Crippen molar-refractivity contribution < 1.29 is 4.42 Å². The molecule has 0 unspecified atom stereocenters. The molecular weight excluding hydrogens is 206 g/mol. The Balaban J connectivity index is 2.33. The van der Waals surface area contributed by atoms with Crippen LogP contribution >= 0.6 is 12.6 Å². The van der Waals surface area contributed by atoms with Gasteiger partial charge in [-0.05, 0) is 18.2 Å². The highest BCUT2D eigenvalue weighted by molar-refractivity contribution is 7.80. The second-order valence-corrected chi connectivity index (χ2v) is 3.82. The largest absolute Gasteiger partial charge is 0.463 e. The average Bonchev–Trinajstić information content (AvgIpc) is 2.87. The zero-order valence-electron chi connectivity index (χ0n) is 7.90. The molecule has 3 aromatic rings. The van der Waals surface area contributed by atoms with E-state index in [0.29, 0.717) is 0 Å². The predicted octanol–water partition coefficient (Wildman–Crippen LogP) is 3.72. The Kier molecular flexibility index (Phi) is 1.86. The molecule has 0 saturated carbocycles. The van der Waals surface area contributed by atoms with Gasteiger partial charge in [-0.1, -0.05) is 18.2 Å². The van der Waals surface area contributed by atoms with Crippen molar-refractivity contribution in [2.45, 2.75) is 4.90 Å². The summed E-state index contributed by atoms with van der Waals surface area (Å²) in [5.41, 5.74) is 2.01. The second-order valence-electron chi connectivity index (χ2n) is 3.37. The summed E-state index contributed by atoms with van der Waals surface area (Å²) in [6.07, 6.45) is 1.66. The standard InChI is InChI=1S/C12H9NOS/c15-12-8-4-1-2-5-9(8)13-11(12)10-6-3-7-14-10/h1-7,13,15H. The number of aromatic amines is 1. The minimum absolute atomic E-state index is 0.816. The highest BCUT2D eigenvalue weighted by Crippen LogP contribution is 2.32. The molecular formula is C12H9NOS. The molecule has 74 valence electrons. The summed E-state index contributed by atoms with van der Waals surface area (Å²) in [5.74, 6) is 0.816.